The van der Waals surface area contributed by atoms with E-state index in [1.165, 1.54) is 16.2 Å². The summed E-state index contributed by atoms with van der Waals surface area (Å²) in [7, 11) is 3.45. The Morgan fingerprint density at radius 2 is 2.04 bits per heavy atom. The summed E-state index contributed by atoms with van der Waals surface area (Å²) in [4.78, 5) is 19.9. The van der Waals surface area contributed by atoms with Gasteiger partial charge in [0.2, 0.25) is 5.91 Å². The van der Waals surface area contributed by atoms with E-state index in [9.17, 15) is 4.79 Å². The lowest BCUT2D eigenvalue weighted by Crippen LogP contribution is -2.42. The van der Waals surface area contributed by atoms with Crippen LogP contribution in [0.1, 0.15) is 12.5 Å². The lowest BCUT2D eigenvalue weighted by atomic mass is 10.2. The minimum absolute atomic E-state index is 0. The van der Waals surface area contributed by atoms with Gasteiger partial charge in [0, 0.05) is 46.0 Å². The van der Waals surface area contributed by atoms with Crippen molar-refractivity contribution in [3.8, 4) is 0 Å². The molecule has 1 amide bonds. The fourth-order valence-corrected chi connectivity index (χ4v) is 2.23. The average molecular weight is 473 g/mol. The van der Waals surface area contributed by atoms with Gasteiger partial charge < -0.3 is 20.4 Å². The highest BCUT2D eigenvalue weighted by Gasteiger charge is 2.06. The predicted octanol–water partition coefficient (Wildman–Crippen LogP) is 2.25. The maximum atomic E-state index is 11.7. The van der Waals surface area contributed by atoms with E-state index < -0.39 is 0 Å². The van der Waals surface area contributed by atoms with Gasteiger partial charge in [-0.15, -0.1) is 30.6 Å². The zero-order chi connectivity index (χ0) is 18.7. The molecule has 0 saturated carbocycles. The van der Waals surface area contributed by atoms with E-state index in [4.69, 9.17) is 0 Å². The number of likely N-dealkylation sites (N-methyl/N-ethyl adjacent to an activating group) is 2. The minimum atomic E-state index is -0.0327. The van der Waals surface area contributed by atoms with Crippen molar-refractivity contribution in [1.82, 2.24) is 15.5 Å². The highest BCUT2D eigenvalue weighted by molar-refractivity contribution is 14.0. The van der Waals surface area contributed by atoms with Crippen molar-refractivity contribution in [3.63, 3.8) is 0 Å². The summed E-state index contributed by atoms with van der Waals surface area (Å²) in [5.41, 5.74) is 2.46. The molecule has 0 radical (unpaired) electrons. The van der Waals surface area contributed by atoms with Crippen molar-refractivity contribution in [3.05, 3.63) is 42.5 Å². The number of hydrogen-bond donors (Lipinski definition) is 2. The highest BCUT2D eigenvalue weighted by Crippen LogP contribution is 2.14. The number of carbonyl (C=O) groups is 1. The topological polar surface area (TPSA) is 60.0 Å². The lowest BCUT2D eigenvalue weighted by Gasteiger charge is -2.24. The van der Waals surface area contributed by atoms with E-state index in [-0.39, 0.29) is 36.4 Å². The first-order chi connectivity index (χ1) is 12.0. The minimum Gasteiger partial charge on any atom is -0.370 e. The van der Waals surface area contributed by atoms with Crippen LogP contribution in [-0.2, 0) is 4.79 Å². The largest absolute Gasteiger partial charge is 0.370 e. The number of nitrogens with zero attached hydrogens (tertiary/aromatic N) is 3. The van der Waals surface area contributed by atoms with Gasteiger partial charge in [0.15, 0.2) is 5.96 Å². The molecule has 0 bridgehead atoms. The number of amides is 1. The number of carbonyl (C=O) groups excluding carboxylic acids is 1. The molecular formula is C19H32IN5O. The molecule has 0 aliphatic rings. The van der Waals surface area contributed by atoms with Crippen molar-refractivity contribution < 1.29 is 4.79 Å². The molecular weight excluding hydrogens is 441 g/mol. The van der Waals surface area contributed by atoms with E-state index in [0.29, 0.717) is 12.5 Å². The van der Waals surface area contributed by atoms with Crippen LogP contribution in [0.5, 0.6) is 0 Å². The molecule has 1 rings (SSSR count). The normalized spacial score (nSPS) is 10.5. The second-order valence-corrected chi connectivity index (χ2v) is 5.97. The van der Waals surface area contributed by atoms with E-state index in [0.717, 1.165) is 19.6 Å². The summed E-state index contributed by atoms with van der Waals surface area (Å²) < 4.78 is 0. The van der Waals surface area contributed by atoms with Crippen LogP contribution < -0.4 is 15.5 Å². The second-order valence-electron chi connectivity index (χ2n) is 5.97. The van der Waals surface area contributed by atoms with Crippen LogP contribution in [0.15, 0.2) is 41.9 Å². The molecule has 0 aliphatic heterocycles. The van der Waals surface area contributed by atoms with Gasteiger partial charge in [-0.3, -0.25) is 4.79 Å². The Bertz CT molecular complexity index is 589. The molecule has 0 saturated heterocycles. The molecule has 0 fully saturated rings. The monoisotopic (exact) mass is 473 g/mol. The molecule has 0 heterocycles. The van der Waals surface area contributed by atoms with Crippen LogP contribution >= 0.6 is 24.0 Å². The molecule has 0 aliphatic carbocycles. The summed E-state index contributed by atoms with van der Waals surface area (Å²) in [6, 6.07) is 8.48. The van der Waals surface area contributed by atoms with Crippen molar-refractivity contribution >= 4 is 41.5 Å². The number of guanidine groups is 1. The van der Waals surface area contributed by atoms with Crippen LogP contribution in [0.2, 0.25) is 0 Å². The molecule has 1 aromatic carbocycles. The first-order valence-electron chi connectivity index (χ1n) is 8.62. The standard InChI is InChI=1S/C19H31N5O.HI/c1-6-11-20-19(22-15-18(25)23(4)5)21-12-13-24(7-2)17-10-8-9-16(3)14-17;/h6,8-10,14H,1,7,11-13,15H2,2-5H3,(H2,20,21,22);1H. The van der Waals surface area contributed by atoms with Crippen LogP contribution in [0.4, 0.5) is 5.69 Å². The fraction of sp³-hybridized carbons (Fsp3) is 0.474. The van der Waals surface area contributed by atoms with Gasteiger partial charge in [0.05, 0.1) is 0 Å². The van der Waals surface area contributed by atoms with Crippen molar-refractivity contribution in [2.45, 2.75) is 13.8 Å². The Hall–Kier alpha value is -1.77. The summed E-state index contributed by atoms with van der Waals surface area (Å²) in [5, 5.41) is 6.41. The Balaban J connectivity index is 0.00000625. The molecule has 6 nitrogen and oxygen atoms in total. The first-order valence-corrected chi connectivity index (χ1v) is 8.62. The number of aliphatic imine (C=N–C) groups is 1. The third-order valence-electron chi connectivity index (χ3n) is 3.71. The molecule has 2 N–H and O–H groups in total. The molecule has 0 unspecified atom stereocenters. The van der Waals surface area contributed by atoms with Gasteiger partial charge in [-0.2, -0.15) is 0 Å². The van der Waals surface area contributed by atoms with Gasteiger partial charge in [0.1, 0.15) is 6.54 Å². The second kappa shape index (κ2) is 13.4. The molecule has 7 heteroatoms. The molecule has 26 heavy (non-hydrogen) atoms. The Kier molecular flexibility index (Phi) is 12.5. The number of halogens is 1. The smallest absolute Gasteiger partial charge is 0.243 e. The van der Waals surface area contributed by atoms with Crippen molar-refractivity contribution in [2.75, 3.05) is 51.7 Å². The van der Waals surface area contributed by atoms with Crippen LogP contribution in [0, 0.1) is 6.92 Å². The Morgan fingerprint density at radius 3 is 2.62 bits per heavy atom. The Labute approximate surface area is 174 Å². The zero-order valence-electron chi connectivity index (χ0n) is 16.3. The molecule has 1 aromatic rings. The molecule has 0 spiro atoms. The number of rotatable bonds is 9. The van der Waals surface area contributed by atoms with Gasteiger partial charge in [0.25, 0.3) is 0 Å². The Morgan fingerprint density at radius 1 is 1.31 bits per heavy atom. The predicted molar refractivity (Wildman–Crippen MR) is 122 cm³/mol. The van der Waals surface area contributed by atoms with E-state index in [2.05, 4.69) is 65.2 Å². The number of anilines is 1. The first kappa shape index (κ1) is 24.2. The third kappa shape index (κ3) is 9.07. The average Bonchev–Trinajstić information content (AvgIpc) is 2.59. The molecule has 0 atom stereocenters. The van der Waals surface area contributed by atoms with Gasteiger partial charge in [-0.1, -0.05) is 18.2 Å². The number of nitrogens with one attached hydrogen (secondary N) is 2. The van der Waals surface area contributed by atoms with E-state index >= 15 is 0 Å². The van der Waals surface area contributed by atoms with Gasteiger partial charge in [-0.05, 0) is 31.5 Å². The van der Waals surface area contributed by atoms with Gasteiger partial charge >= 0.3 is 0 Å². The number of aryl methyl sites for hydroxylation is 1. The molecule has 0 aromatic heterocycles. The SMILES string of the molecule is C=CCNC(=NCC(=O)N(C)C)NCCN(CC)c1cccc(C)c1.I. The van der Waals surface area contributed by atoms with E-state index in [1.54, 1.807) is 20.2 Å². The number of benzene rings is 1. The maximum absolute atomic E-state index is 11.7. The van der Waals surface area contributed by atoms with Gasteiger partial charge in [-0.25, -0.2) is 4.99 Å². The quantitative estimate of drug-likeness (QED) is 0.250. The molecule has 146 valence electrons. The van der Waals surface area contributed by atoms with Crippen LogP contribution in [-0.4, -0.2) is 63.6 Å². The van der Waals surface area contributed by atoms with Crippen molar-refractivity contribution in [1.29, 1.82) is 0 Å². The summed E-state index contributed by atoms with van der Waals surface area (Å²) in [6.07, 6.45) is 1.76. The van der Waals surface area contributed by atoms with Crippen LogP contribution in [0.25, 0.3) is 0 Å². The summed E-state index contributed by atoms with van der Waals surface area (Å²) >= 11 is 0. The van der Waals surface area contributed by atoms with Crippen LogP contribution in [0.3, 0.4) is 0 Å². The zero-order valence-corrected chi connectivity index (χ0v) is 18.6. The van der Waals surface area contributed by atoms with E-state index in [1.807, 2.05) is 0 Å². The third-order valence-corrected chi connectivity index (χ3v) is 3.71. The fourth-order valence-electron chi connectivity index (χ4n) is 2.23. The maximum Gasteiger partial charge on any atom is 0.243 e. The lowest BCUT2D eigenvalue weighted by molar-refractivity contribution is -0.127. The summed E-state index contributed by atoms with van der Waals surface area (Å²) in [6.45, 7) is 11.1. The number of hydrogen-bond acceptors (Lipinski definition) is 3. The highest BCUT2D eigenvalue weighted by atomic mass is 127. The summed E-state index contributed by atoms with van der Waals surface area (Å²) in [5.74, 6) is 0.588. The van der Waals surface area contributed by atoms with Crippen molar-refractivity contribution in [2.24, 2.45) is 4.99 Å².